The van der Waals surface area contributed by atoms with Crippen molar-refractivity contribution in [1.29, 1.82) is 0 Å². The molecule has 8 heteroatoms. The Kier molecular flexibility index (Phi) is 8.42. The van der Waals surface area contributed by atoms with Gasteiger partial charge in [-0.1, -0.05) is 25.7 Å². The minimum Gasteiger partial charge on any atom is -0.354 e. The lowest BCUT2D eigenvalue weighted by Crippen LogP contribution is -2.56. The Bertz CT molecular complexity index is 867. The number of anilines is 1. The molecule has 1 aromatic heterocycles. The second-order valence-electron chi connectivity index (χ2n) is 11.1. The molecular formula is C28H44N6O2. The standard InChI is InChI=1S/C28H44N6O2/c1-2-34(25-7-4-3-5-8-25)28(36)23-11-12-26(29-21-23)32-15-13-30(14-16-32)22-27(35)33-19-17-31(18-20-33)24-9-6-10-24/h11-12,21,24-25H,2-10,13-20,22H2,1H3. The lowest BCUT2D eigenvalue weighted by atomic mass is 9.91. The van der Waals surface area contributed by atoms with Gasteiger partial charge in [-0.3, -0.25) is 19.4 Å². The number of carbonyl (C=O) groups is 2. The zero-order valence-corrected chi connectivity index (χ0v) is 22.1. The summed E-state index contributed by atoms with van der Waals surface area (Å²) in [5, 5.41) is 0. The van der Waals surface area contributed by atoms with Crippen molar-refractivity contribution in [2.75, 3.05) is 70.3 Å². The fourth-order valence-electron chi connectivity index (χ4n) is 6.34. The van der Waals surface area contributed by atoms with E-state index in [2.05, 4.69) is 31.5 Å². The summed E-state index contributed by atoms with van der Waals surface area (Å²) in [6.07, 6.45) is 11.8. The first-order valence-corrected chi connectivity index (χ1v) is 14.4. The topological polar surface area (TPSA) is 63.2 Å². The van der Waals surface area contributed by atoms with Crippen molar-refractivity contribution in [3.63, 3.8) is 0 Å². The molecule has 2 saturated heterocycles. The number of pyridine rings is 1. The third-order valence-corrected chi connectivity index (χ3v) is 8.93. The highest BCUT2D eigenvalue weighted by molar-refractivity contribution is 5.94. The molecule has 0 aromatic carbocycles. The minimum absolute atomic E-state index is 0.111. The number of piperazine rings is 2. The van der Waals surface area contributed by atoms with Crippen LogP contribution >= 0.6 is 0 Å². The van der Waals surface area contributed by atoms with E-state index < -0.39 is 0 Å². The predicted molar refractivity (Wildman–Crippen MR) is 142 cm³/mol. The van der Waals surface area contributed by atoms with Gasteiger partial charge in [0.1, 0.15) is 5.82 Å². The second-order valence-corrected chi connectivity index (χ2v) is 11.1. The number of hydrogen-bond acceptors (Lipinski definition) is 6. The monoisotopic (exact) mass is 496 g/mol. The lowest BCUT2D eigenvalue weighted by Gasteiger charge is -2.43. The maximum atomic E-state index is 13.1. The van der Waals surface area contributed by atoms with Crippen LogP contribution in [0, 0.1) is 0 Å². The Morgan fingerprint density at radius 1 is 0.889 bits per heavy atom. The van der Waals surface area contributed by atoms with Gasteiger partial charge in [-0.15, -0.1) is 0 Å². The predicted octanol–water partition coefficient (Wildman–Crippen LogP) is 2.70. The summed E-state index contributed by atoms with van der Waals surface area (Å²) in [5.41, 5.74) is 0.688. The van der Waals surface area contributed by atoms with Crippen LogP contribution in [0.1, 0.15) is 68.6 Å². The molecule has 2 aliphatic carbocycles. The van der Waals surface area contributed by atoms with Crippen molar-refractivity contribution in [2.45, 2.75) is 70.4 Å². The molecule has 2 amide bonds. The summed E-state index contributed by atoms with van der Waals surface area (Å²) in [5.74, 6) is 1.31. The fourth-order valence-corrected chi connectivity index (χ4v) is 6.34. The van der Waals surface area contributed by atoms with Gasteiger partial charge in [0.25, 0.3) is 5.91 Å². The molecule has 0 unspecified atom stereocenters. The molecule has 0 bridgehead atoms. The third kappa shape index (κ3) is 5.86. The van der Waals surface area contributed by atoms with Crippen molar-refractivity contribution < 1.29 is 9.59 Å². The van der Waals surface area contributed by atoms with Gasteiger partial charge >= 0.3 is 0 Å². The van der Waals surface area contributed by atoms with Crippen molar-refractivity contribution in [2.24, 2.45) is 0 Å². The summed E-state index contributed by atoms with van der Waals surface area (Å²) in [7, 11) is 0. The first kappa shape index (κ1) is 25.5. The smallest absolute Gasteiger partial charge is 0.255 e. The van der Waals surface area contributed by atoms with E-state index in [1.807, 2.05) is 17.0 Å². The highest BCUT2D eigenvalue weighted by atomic mass is 16.2. The quantitative estimate of drug-likeness (QED) is 0.579. The fraction of sp³-hybridized carbons (Fsp3) is 0.750. The van der Waals surface area contributed by atoms with Crippen LogP contribution in [-0.4, -0.2) is 114 Å². The molecule has 0 atom stereocenters. The van der Waals surface area contributed by atoms with Gasteiger partial charge in [-0.05, 0) is 44.7 Å². The SMILES string of the molecule is CCN(C(=O)c1ccc(N2CCN(CC(=O)N3CCN(C4CCC4)CC3)CC2)nc1)C1CCCCC1. The van der Waals surface area contributed by atoms with Crippen LogP contribution in [0.5, 0.6) is 0 Å². The van der Waals surface area contributed by atoms with E-state index in [1.54, 1.807) is 6.20 Å². The van der Waals surface area contributed by atoms with Crippen molar-refractivity contribution in [3.8, 4) is 0 Å². The average Bonchev–Trinajstić information content (AvgIpc) is 2.90. The molecule has 2 aliphatic heterocycles. The molecule has 4 fully saturated rings. The molecule has 36 heavy (non-hydrogen) atoms. The summed E-state index contributed by atoms with van der Waals surface area (Å²) in [4.78, 5) is 41.9. The van der Waals surface area contributed by atoms with Gasteiger partial charge in [-0.2, -0.15) is 0 Å². The average molecular weight is 497 g/mol. The van der Waals surface area contributed by atoms with E-state index in [1.165, 1.54) is 38.5 Å². The number of carbonyl (C=O) groups excluding carboxylic acids is 2. The van der Waals surface area contributed by atoms with E-state index in [0.717, 1.165) is 83.6 Å². The van der Waals surface area contributed by atoms with Crippen LogP contribution in [0.3, 0.4) is 0 Å². The van der Waals surface area contributed by atoms with Gasteiger partial charge < -0.3 is 14.7 Å². The molecule has 0 N–H and O–H groups in total. The minimum atomic E-state index is 0.111. The van der Waals surface area contributed by atoms with Gasteiger partial charge in [-0.25, -0.2) is 4.98 Å². The van der Waals surface area contributed by atoms with E-state index >= 15 is 0 Å². The summed E-state index contributed by atoms with van der Waals surface area (Å²) < 4.78 is 0. The van der Waals surface area contributed by atoms with Gasteiger partial charge in [0.15, 0.2) is 0 Å². The Hall–Kier alpha value is -2.19. The van der Waals surface area contributed by atoms with E-state index in [0.29, 0.717) is 18.2 Å². The van der Waals surface area contributed by atoms with Gasteiger partial charge in [0.2, 0.25) is 5.91 Å². The van der Waals surface area contributed by atoms with Crippen LogP contribution in [0.2, 0.25) is 0 Å². The highest BCUT2D eigenvalue weighted by Crippen LogP contribution is 2.26. The highest BCUT2D eigenvalue weighted by Gasteiger charge is 2.30. The Labute approximate surface area is 216 Å². The van der Waals surface area contributed by atoms with Gasteiger partial charge in [0, 0.05) is 77.2 Å². The number of amides is 2. The van der Waals surface area contributed by atoms with E-state index in [9.17, 15) is 9.59 Å². The summed E-state index contributed by atoms with van der Waals surface area (Å²) >= 11 is 0. The van der Waals surface area contributed by atoms with Crippen molar-refractivity contribution >= 4 is 17.6 Å². The Balaban J connectivity index is 1.07. The lowest BCUT2D eigenvalue weighted by molar-refractivity contribution is -0.134. The maximum Gasteiger partial charge on any atom is 0.255 e. The molecule has 2 saturated carbocycles. The zero-order chi connectivity index (χ0) is 24.9. The van der Waals surface area contributed by atoms with Crippen LogP contribution < -0.4 is 4.90 Å². The number of aromatic nitrogens is 1. The summed E-state index contributed by atoms with van der Waals surface area (Å²) in [6, 6.07) is 5.08. The normalized spacial score (nSPS) is 22.9. The third-order valence-electron chi connectivity index (χ3n) is 8.93. The number of hydrogen-bond donors (Lipinski definition) is 0. The molecule has 1 aromatic rings. The molecule has 4 aliphatic rings. The molecule has 198 valence electrons. The molecule has 0 spiro atoms. The van der Waals surface area contributed by atoms with Crippen LogP contribution in [0.15, 0.2) is 18.3 Å². The second kappa shape index (κ2) is 11.9. The Morgan fingerprint density at radius 3 is 2.19 bits per heavy atom. The van der Waals surface area contributed by atoms with Crippen LogP contribution in [-0.2, 0) is 4.79 Å². The first-order chi connectivity index (χ1) is 17.6. The van der Waals surface area contributed by atoms with Crippen LogP contribution in [0.4, 0.5) is 5.82 Å². The van der Waals surface area contributed by atoms with Crippen LogP contribution in [0.25, 0.3) is 0 Å². The molecule has 8 nitrogen and oxygen atoms in total. The molecule has 3 heterocycles. The van der Waals surface area contributed by atoms with Gasteiger partial charge in [0.05, 0.1) is 12.1 Å². The first-order valence-electron chi connectivity index (χ1n) is 14.4. The van der Waals surface area contributed by atoms with Crippen molar-refractivity contribution in [1.82, 2.24) is 24.6 Å². The van der Waals surface area contributed by atoms with E-state index in [4.69, 9.17) is 0 Å². The summed E-state index contributed by atoms with van der Waals surface area (Å²) in [6.45, 7) is 10.6. The number of nitrogens with zero attached hydrogens (tertiary/aromatic N) is 6. The maximum absolute atomic E-state index is 13.1. The largest absolute Gasteiger partial charge is 0.354 e. The number of rotatable bonds is 7. The zero-order valence-electron chi connectivity index (χ0n) is 22.1. The molecule has 0 radical (unpaired) electrons. The Morgan fingerprint density at radius 2 is 1.61 bits per heavy atom. The van der Waals surface area contributed by atoms with Crippen molar-refractivity contribution in [3.05, 3.63) is 23.9 Å². The van der Waals surface area contributed by atoms with E-state index in [-0.39, 0.29) is 11.8 Å². The molecule has 5 rings (SSSR count). The molecular weight excluding hydrogens is 452 g/mol.